The summed E-state index contributed by atoms with van der Waals surface area (Å²) in [6.45, 7) is 3.17. The van der Waals surface area contributed by atoms with Crippen molar-refractivity contribution in [1.82, 2.24) is 4.90 Å². The highest BCUT2D eigenvalue weighted by molar-refractivity contribution is 5.93. The molecule has 0 unspecified atom stereocenters. The minimum atomic E-state index is -0.0745. The third-order valence-corrected chi connectivity index (χ3v) is 4.88. The van der Waals surface area contributed by atoms with Crippen molar-refractivity contribution in [2.75, 3.05) is 23.8 Å². The van der Waals surface area contributed by atoms with Crippen LogP contribution in [0, 0.1) is 0 Å². The quantitative estimate of drug-likeness (QED) is 0.612. The van der Waals surface area contributed by atoms with Gasteiger partial charge in [-0.05, 0) is 35.4 Å². The van der Waals surface area contributed by atoms with Gasteiger partial charge in [0.1, 0.15) is 0 Å². The summed E-state index contributed by atoms with van der Waals surface area (Å²) in [6, 6.07) is 27.6. The van der Waals surface area contributed by atoms with Crippen LogP contribution in [0.5, 0.6) is 0 Å². The molecule has 2 amide bonds. The van der Waals surface area contributed by atoms with Gasteiger partial charge in [-0.2, -0.15) is 0 Å². The number of hydrogen-bond acceptors (Lipinski definition) is 3. The zero-order chi connectivity index (χ0) is 21.3. The Bertz CT molecular complexity index is 915. The van der Waals surface area contributed by atoms with Gasteiger partial charge >= 0.3 is 0 Å². The van der Waals surface area contributed by atoms with E-state index in [9.17, 15) is 9.59 Å². The molecule has 3 rings (SSSR count). The second kappa shape index (κ2) is 10.4. The highest BCUT2D eigenvalue weighted by Gasteiger charge is 2.13. The fourth-order valence-corrected chi connectivity index (χ4v) is 3.20. The zero-order valence-corrected chi connectivity index (χ0v) is 17.4. The summed E-state index contributed by atoms with van der Waals surface area (Å²) in [7, 11) is 1.72. The van der Waals surface area contributed by atoms with Crippen molar-refractivity contribution >= 4 is 23.2 Å². The van der Waals surface area contributed by atoms with E-state index in [0.717, 1.165) is 16.8 Å². The van der Waals surface area contributed by atoms with Crippen molar-refractivity contribution in [2.45, 2.75) is 20.0 Å². The Morgan fingerprint density at radius 2 is 1.27 bits per heavy atom. The first-order valence-electron chi connectivity index (χ1n) is 9.95. The molecule has 0 saturated heterocycles. The average Bonchev–Trinajstić information content (AvgIpc) is 2.75. The van der Waals surface area contributed by atoms with Crippen LogP contribution in [0.15, 0.2) is 84.9 Å². The lowest BCUT2D eigenvalue weighted by Gasteiger charge is -2.22. The fraction of sp³-hybridized carbons (Fsp3) is 0.200. The van der Waals surface area contributed by atoms with Gasteiger partial charge in [0.25, 0.3) is 0 Å². The normalized spacial score (nSPS) is 10.6. The number of anilines is 2. The lowest BCUT2D eigenvalue weighted by molar-refractivity contribution is -0.118. The predicted octanol–water partition coefficient (Wildman–Crippen LogP) is 4.31. The molecule has 0 bridgehead atoms. The van der Waals surface area contributed by atoms with E-state index < -0.39 is 0 Å². The SMILES string of the molecule is CC(=O)N(C)c1ccc(NC(=O)CN(Cc2ccccc2)Cc2ccccc2)cc1. The van der Waals surface area contributed by atoms with E-state index in [0.29, 0.717) is 18.8 Å². The zero-order valence-electron chi connectivity index (χ0n) is 17.4. The number of nitrogens with zero attached hydrogens (tertiary/aromatic N) is 2. The molecule has 0 aromatic heterocycles. The number of carbonyl (C=O) groups is 2. The average molecular weight is 402 g/mol. The molecule has 0 atom stereocenters. The van der Waals surface area contributed by atoms with Gasteiger partial charge in [0.05, 0.1) is 6.54 Å². The molecule has 0 fully saturated rings. The maximum absolute atomic E-state index is 12.7. The first-order chi connectivity index (χ1) is 14.5. The summed E-state index contributed by atoms with van der Waals surface area (Å²) < 4.78 is 0. The minimum absolute atomic E-state index is 0.0377. The highest BCUT2D eigenvalue weighted by Crippen LogP contribution is 2.17. The van der Waals surface area contributed by atoms with Crippen LogP contribution in [-0.2, 0) is 22.7 Å². The van der Waals surface area contributed by atoms with Crippen LogP contribution in [0.3, 0.4) is 0 Å². The van der Waals surface area contributed by atoms with Gasteiger partial charge in [-0.15, -0.1) is 0 Å². The van der Waals surface area contributed by atoms with Crippen LogP contribution in [0.25, 0.3) is 0 Å². The third kappa shape index (κ3) is 6.29. The van der Waals surface area contributed by atoms with E-state index in [-0.39, 0.29) is 18.4 Å². The topological polar surface area (TPSA) is 52.7 Å². The Morgan fingerprint density at radius 3 is 1.73 bits per heavy atom. The molecule has 5 heteroatoms. The Kier molecular flexibility index (Phi) is 7.35. The van der Waals surface area contributed by atoms with Gasteiger partial charge in [0.2, 0.25) is 11.8 Å². The summed E-state index contributed by atoms with van der Waals surface area (Å²) in [5, 5.41) is 2.96. The molecular formula is C25H27N3O2. The molecular weight excluding hydrogens is 374 g/mol. The van der Waals surface area contributed by atoms with E-state index in [4.69, 9.17) is 0 Å². The van der Waals surface area contributed by atoms with Crippen molar-refractivity contribution in [3.05, 3.63) is 96.1 Å². The van der Waals surface area contributed by atoms with E-state index in [1.165, 1.54) is 6.92 Å². The molecule has 0 spiro atoms. The first-order valence-corrected chi connectivity index (χ1v) is 9.95. The number of amides is 2. The Labute approximate surface area is 177 Å². The molecule has 3 aromatic rings. The van der Waals surface area contributed by atoms with Crippen LogP contribution in [0.1, 0.15) is 18.1 Å². The van der Waals surface area contributed by atoms with Crippen LogP contribution in [0.2, 0.25) is 0 Å². The van der Waals surface area contributed by atoms with Crippen molar-refractivity contribution < 1.29 is 9.59 Å². The molecule has 0 saturated carbocycles. The standard InChI is InChI=1S/C25H27N3O2/c1-20(29)27(2)24-15-13-23(14-16-24)26-25(30)19-28(17-21-9-5-3-6-10-21)18-22-11-7-4-8-12-22/h3-16H,17-19H2,1-2H3,(H,26,30). The van der Waals surface area contributed by atoms with Gasteiger partial charge in [-0.3, -0.25) is 14.5 Å². The van der Waals surface area contributed by atoms with Crippen molar-refractivity contribution in [2.24, 2.45) is 0 Å². The lowest BCUT2D eigenvalue weighted by atomic mass is 10.1. The summed E-state index contributed by atoms with van der Waals surface area (Å²) in [6.07, 6.45) is 0. The van der Waals surface area contributed by atoms with Crippen molar-refractivity contribution in [3.63, 3.8) is 0 Å². The number of carbonyl (C=O) groups excluding carboxylic acids is 2. The van der Waals surface area contributed by atoms with E-state index in [1.807, 2.05) is 60.7 Å². The van der Waals surface area contributed by atoms with Crippen molar-refractivity contribution in [1.29, 1.82) is 0 Å². The lowest BCUT2D eigenvalue weighted by Crippen LogP contribution is -2.32. The fourth-order valence-electron chi connectivity index (χ4n) is 3.20. The number of nitrogens with one attached hydrogen (secondary N) is 1. The maximum Gasteiger partial charge on any atom is 0.238 e. The smallest absolute Gasteiger partial charge is 0.238 e. The minimum Gasteiger partial charge on any atom is -0.325 e. The summed E-state index contributed by atoms with van der Waals surface area (Å²) in [5.74, 6) is -0.112. The maximum atomic E-state index is 12.7. The van der Waals surface area contributed by atoms with E-state index >= 15 is 0 Å². The second-order valence-corrected chi connectivity index (χ2v) is 7.29. The van der Waals surface area contributed by atoms with Gasteiger partial charge in [0.15, 0.2) is 0 Å². The van der Waals surface area contributed by atoms with Gasteiger partial charge in [-0.25, -0.2) is 0 Å². The van der Waals surface area contributed by atoms with Crippen LogP contribution in [0.4, 0.5) is 11.4 Å². The molecule has 30 heavy (non-hydrogen) atoms. The second-order valence-electron chi connectivity index (χ2n) is 7.29. The van der Waals surface area contributed by atoms with Crippen LogP contribution in [-0.4, -0.2) is 30.3 Å². The molecule has 0 aliphatic heterocycles. The van der Waals surface area contributed by atoms with Crippen LogP contribution >= 0.6 is 0 Å². The predicted molar refractivity (Wildman–Crippen MR) is 121 cm³/mol. The van der Waals surface area contributed by atoms with Gasteiger partial charge in [0, 0.05) is 38.4 Å². The molecule has 154 valence electrons. The molecule has 3 aromatic carbocycles. The number of hydrogen-bond donors (Lipinski definition) is 1. The summed E-state index contributed by atoms with van der Waals surface area (Å²) in [4.78, 5) is 27.9. The Balaban J connectivity index is 1.65. The molecule has 0 aliphatic rings. The Hall–Kier alpha value is -3.44. The van der Waals surface area contributed by atoms with Crippen LogP contribution < -0.4 is 10.2 Å². The molecule has 0 heterocycles. The summed E-state index contributed by atoms with van der Waals surface area (Å²) >= 11 is 0. The molecule has 0 radical (unpaired) electrons. The van der Waals surface area contributed by atoms with Gasteiger partial charge in [-0.1, -0.05) is 60.7 Å². The molecule has 0 aliphatic carbocycles. The number of benzene rings is 3. The highest BCUT2D eigenvalue weighted by atomic mass is 16.2. The number of rotatable bonds is 8. The Morgan fingerprint density at radius 1 is 0.767 bits per heavy atom. The molecule has 5 nitrogen and oxygen atoms in total. The van der Waals surface area contributed by atoms with E-state index in [1.54, 1.807) is 11.9 Å². The van der Waals surface area contributed by atoms with E-state index in [2.05, 4.69) is 34.5 Å². The first kappa shape index (κ1) is 21.3. The summed E-state index contributed by atoms with van der Waals surface area (Å²) in [5.41, 5.74) is 3.83. The third-order valence-electron chi connectivity index (χ3n) is 4.88. The van der Waals surface area contributed by atoms with Crippen molar-refractivity contribution in [3.8, 4) is 0 Å². The monoisotopic (exact) mass is 401 g/mol. The largest absolute Gasteiger partial charge is 0.325 e. The van der Waals surface area contributed by atoms with Gasteiger partial charge < -0.3 is 10.2 Å². The molecule has 1 N–H and O–H groups in total.